The maximum Gasteiger partial charge on any atom is 0.0589 e. The largest absolute Gasteiger partial charge is 0.383 e. The Balaban J connectivity index is 1.73. The standard InChI is InChI=1S/C12H19N3O/c1-10-7-11(3-4-13-10)14-12-8-15(9-12)5-6-16-2/h3-4,7,12H,5-6,8-9H2,1-2H3,(H,13,14). The molecule has 1 aromatic rings. The van der Waals surface area contributed by atoms with Crippen molar-refractivity contribution in [1.29, 1.82) is 0 Å². The molecule has 0 atom stereocenters. The average molecular weight is 221 g/mol. The molecule has 2 heterocycles. The third kappa shape index (κ3) is 2.93. The van der Waals surface area contributed by atoms with Crippen LogP contribution in [0.15, 0.2) is 18.3 Å². The Bertz CT molecular complexity index is 337. The van der Waals surface area contributed by atoms with Gasteiger partial charge < -0.3 is 10.1 Å². The summed E-state index contributed by atoms with van der Waals surface area (Å²) in [6, 6.07) is 4.67. The normalized spacial score (nSPS) is 17.1. The lowest BCUT2D eigenvalue weighted by Gasteiger charge is -2.40. The fourth-order valence-electron chi connectivity index (χ4n) is 1.94. The van der Waals surface area contributed by atoms with Gasteiger partial charge in [0.25, 0.3) is 0 Å². The number of likely N-dealkylation sites (tertiary alicyclic amines) is 1. The molecular weight excluding hydrogens is 202 g/mol. The first kappa shape index (κ1) is 11.4. The van der Waals surface area contributed by atoms with Gasteiger partial charge in [-0.2, -0.15) is 0 Å². The van der Waals surface area contributed by atoms with Gasteiger partial charge in [-0.25, -0.2) is 0 Å². The fraction of sp³-hybridized carbons (Fsp3) is 0.583. The van der Waals surface area contributed by atoms with Crippen LogP contribution in [-0.2, 0) is 4.74 Å². The molecule has 0 aliphatic carbocycles. The van der Waals surface area contributed by atoms with Crippen molar-refractivity contribution in [3.63, 3.8) is 0 Å². The number of anilines is 1. The Kier molecular flexibility index (Phi) is 3.74. The van der Waals surface area contributed by atoms with Crippen LogP contribution < -0.4 is 5.32 Å². The fourth-order valence-corrected chi connectivity index (χ4v) is 1.94. The number of nitrogens with one attached hydrogen (secondary N) is 1. The van der Waals surface area contributed by atoms with Crippen molar-refractivity contribution in [2.24, 2.45) is 0 Å². The lowest BCUT2D eigenvalue weighted by molar-refractivity contribution is 0.102. The average Bonchev–Trinajstić information content (AvgIpc) is 2.21. The number of rotatable bonds is 5. The van der Waals surface area contributed by atoms with Gasteiger partial charge in [0.2, 0.25) is 0 Å². The summed E-state index contributed by atoms with van der Waals surface area (Å²) in [7, 11) is 1.75. The molecule has 0 unspecified atom stereocenters. The van der Waals surface area contributed by atoms with E-state index in [-0.39, 0.29) is 0 Å². The highest BCUT2D eigenvalue weighted by atomic mass is 16.5. The van der Waals surface area contributed by atoms with Crippen LogP contribution in [0.1, 0.15) is 5.69 Å². The van der Waals surface area contributed by atoms with E-state index < -0.39 is 0 Å². The van der Waals surface area contributed by atoms with Crippen LogP contribution in [0.5, 0.6) is 0 Å². The second-order valence-electron chi connectivity index (χ2n) is 4.28. The molecule has 0 radical (unpaired) electrons. The molecule has 1 saturated heterocycles. The number of aryl methyl sites for hydroxylation is 1. The molecule has 1 aromatic heterocycles. The summed E-state index contributed by atoms with van der Waals surface area (Å²) in [5, 5.41) is 3.50. The van der Waals surface area contributed by atoms with Crippen LogP contribution in [0.2, 0.25) is 0 Å². The van der Waals surface area contributed by atoms with E-state index in [1.807, 2.05) is 19.2 Å². The lowest BCUT2D eigenvalue weighted by Crippen LogP contribution is -2.55. The van der Waals surface area contributed by atoms with Gasteiger partial charge in [0, 0.05) is 44.3 Å². The molecule has 2 rings (SSSR count). The Labute approximate surface area is 96.6 Å². The molecule has 4 nitrogen and oxygen atoms in total. The maximum atomic E-state index is 5.05. The highest BCUT2D eigenvalue weighted by molar-refractivity contribution is 5.44. The number of ether oxygens (including phenoxy) is 1. The predicted molar refractivity (Wildman–Crippen MR) is 64.7 cm³/mol. The van der Waals surface area contributed by atoms with Gasteiger partial charge in [0.15, 0.2) is 0 Å². The molecule has 1 aliphatic rings. The first-order chi connectivity index (χ1) is 7.78. The summed E-state index contributed by atoms with van der Waals surface area (Å²) in [5.41, 5.74) is 2.23. The van der Waals surface area contributed by atoms with Crippen LogP contribution >= 0.6 is 0 Å². The highest BCUT2D eigenvalue weighted by Gasteiger charge is 2.25. The zero-order valence-corrected chi connectivity index (χ0v) is 9.94. The van der Waals surface area contributed by atoms with Crippen LogP contribution in [0, 0.1) is 6.92 Å². The number of methoxy groups -OCH3 is 1. The number of aromatic nitrogens is 1. The first-order valence-corrected chi connectivity index (χ1v) is 5.68. The van der Waals surface area contributed by atoms with Gasteiger partial charge in [-0.3, -0.25) is 9.88 Å². The van der Waals surface area contributed by atoms with Gasteiger partial charge in [0.1, 0.15) is 0 Å². The van der Waals surface area contributed by atoms with Crippen LogP contribution in [0.4, 0.5) is 5.69 Å². The van der Waals surface area contributed by atoms with Crippen molar-refractivity contribution in [1.82, 2.24) is 9.88 Å². The van der Waals surface area contributed by atoms with Crippen LogP contribution in [0.25, 0.3) is 0 Å². The van der Waals surface area contributed by atoms with E-state index in [0.717, 1.165) is 31.9 Å². The van der Waals surface area contributed by atoms with Crippen molar-refractivity contribution in [3.8, 4) is 0 Å². The molecule has 0 bridgehead atoms. The Morgan fingerprint density at radius 3 is 3.06 bits per heavy atom. The Hall–Kier alpha value is -1.13. The van der Waals surface area contributed by atoms with Crippen molar-refractivity contribution >= 4 is 5.69 Å². The zero-order valence-electron chi connectivity index (χ0n) is 9.94. The molecule has 0 spiro atoms. The summed E-state index contributed by atoms with van der Waals surface area (Å²) in [6.45, 7) is 6.07. The van der Waals surface area contributed by atoms with Gasteiger partial charge in [-0.05, 0) is 19.1 Å². The molecule has 1 fully saturated rings. The van der Waals surface area contributed by atoms with Gasteiger partial charge in [-0.15, -0.1) is 0 Å². The molecule has 1 N–H and O–H groups in total. The van der Waals surface area contributed by atoms with E-state index in [1.54, 1.807) is 7.11 Å². The van der Waals surface area contributed by atoms with E-state index in [2.05, 4.69) is 21.3 Å². The molecule has 0 saturated carbocycles. The van der Waals surface area contributed by atoms with Crippen molar-refractivity contribution in [3.05, 3.63) is 24.0 Å². The summed E-state index contributed by atoms with van der Waals surface area (Å²) >= 11 is 0. The molecule has 4 heteroatoms. The van der Waals surface area contributed by atoms with E-state index in [9.17, 15) is 0 Å². The minimum Gasteiger partial charge on any atom is -0.383 e. The highest BCUT2D eigenvalue weighted by Crippen LogP contribution is 2.15. The molecule has 1 aliphatic heterocycles. The molecule has 0 amide bonds. The summed E-state index contributed by atoms with van der Waals surface area (Å²) in [6.07, 6.45) is 1.85. The van der Waals surface area contributed by atoms with E-state index in [0.29, 0.717) is 6.04 Å². The summed E-state index contributed by atoms with van der Waals surface area (Å²) < 4.78 is 5.05. The van der Waals surface area contributed by atoms with Crippen molar-refractivity contribution in [2.75, 3.05) is 38.7 Å². The monoisotopic (exact) mass is 221 g/mol. The van der Waals surface area contributed by atoms with Gasteiger partial charge in [-0.1, -0.05) is 0 Å². The Morgan fingerprint density at radius 1 is 1.56 bits per heavy atom. The van der Waals surface area contributed by atoms with E-state index in [4.69, 9.17) is 4.74 Å². The number of hydrogen-bond acceptors (Lipinski definition) is 4. The summed E-state index contributed by atoms with van der Waals surface area (Å²) in [5.74, 6) is 0. The predicted octanol–water partition coefficient (Wildman–Crippen LogP) is 1.13. The Morgan fingerprint density at radius 2 is 2.38 bits per heavy atom. The molecule has 0 aromatic carbocycles. The van der Waals surface area contributed by atoms with Crippen molar-refractivity contribution in [2.45, 2.75) is 13.0 Å². The second kappa shape index (κ2) is 5.27. The lowest BCUT2D eigenvalue weighted by atomic mass is 10.1. The minimum absolute atomic E-state index is 0.568. The zero-order chi connectivity index (χ0) is 11.4. The third-order valence-electron chi connectivity index (χ3n) is 2.84. The van der Waals surface area contributed by atoms with Crippen LogP contribution in [-0.4, -0.2) is 49.3 Å². The number of pyridine rings is 1. The second-order valence-corrected chi connectivity index (χ2v) is 4.28. The topological polar surface area (TPSA) is 37.4 Å². The minimum atomic E-state index is 0.568. The SMILES string of the molecule is COCCN1CC(Nc2ccnc(C)c2)C1. The smallest absolute Gasteiger partial charge is 0.0589 e. The maximum absolute atomic E-state index is 5.05. The quantitative estimate of drug-likeness (QED) is 0.809. The summed E-state index contributed by atoms with van der Waals surface area (Å²) in [4.78, 5) is 6.56. The third-order valence-corrected chi connectivity index (χ3v) is 2.84. The molecular formula is C12H19N3O. The van der Waals surface area contributed by atoms with E-state index >= 15 is 0 Å². The van der Waals surface area contributed by atoms with Gasteiger partial charge in [0.05, 0.1) is 12.6 Å². The number of hydrogen-bond donors (Lipinski definition) is 1. The van der Waals surface area contributed by atoms with Gasteiger partial charge >= 0.3 is 0 Å². The number of nitrogens with zero attached hydrogens (tertiary/aromatic N) is 2. The van der Waals surface area contributed by atoms with Crippen LogP contribution in [0.3, 0.4) is 0 Å². The van der Waals surface area contributed by atoms with E-state index in [1.165, 1.54) is 5.69 Å². The van der Waals surface area contributed by atoms with Crippen molar-refractivity contribution < 1.29 is 4.74 Å². The first-order valence-electron chi connectivity index (χ1n) is 5.68. The molecule has 88 valence electrons. The molecule has 16 heavy (non-hydrogen) atoms.